The molecule has 3 rings (SSSR count). The van der Waals surface area contributed by atoms with Crippen LogP contribution < -0.4 is 10.1 Å². The number of fused-ring (bicyclic) bond motifs is 1. The first-order valence-corrected chi connectivity index (χ1v) is 7.57. The van der Waals surface area contributed by atoms with E-state index < -0.39 is 6.10 Å². The molecule has 0 amide bonds. The third kappa shape index (κ3) is 3.84. The molecule has 0 radical (unpaired) electrons. The second kappa shape index (κ2) is 6.90. The number of halogens is 1. The van der Waals surface area contributed by atoms with Gasteiger partial charge in [-0.15, -0.1) is 0 Å². The first kappa shape index (κ1) is 15.0. The van der Waals surface area contributed by atoms with Gasteiger partial charge in [-0.2, -0.15) is 0 Å². The van der Waals surface area contributed by atoms with Crippen molar-refractivity contribution >= 4 is 0 Å². The van der Waals surface area contributed by atoms with Crippen LogP contribution in [0.25, 0.3) is 0 Å². The molecule has 3 nitrogen and oxygen atoms in total. The molecule has 0 unspecified atom stereocenters. The van der Waals surface area contributed by atoms with Gasteiger partial charge in [-0.1, -0.05) is 24.3 Å². The van der Waals surface area contributed by atoms with Crippen LogP contribution >= 0.6 is 0 Å². The summed E-state index contributed by atoms with van der Waals surface area (Å²) in [5.41, 5.74) is 2.77. The maximum Gasteiger partial charge on any atom is 0.123 e. The van der Waals surface area contributed by atoms with Crippen LogP contribution in [0.3, 0.4) is 0 Å². The van der Waals surface area contributed by atoms with Crippen molar-refractivity contribution in [3.8, 4) is 5.75 Å². The summed E-state index contributed by atoms with van der Waals surface area (Å²) in [6, 6.07) is 14.6. The molecule has 0 heterocycles. The van der Waals surface area contributed by atoms with E-state index in [0.717, 1.165) is 12.8 Å². The van der Waals surface area contributed by atoms with E-state index in [9.17, 15) is 9.50 Å². The van der Waals surface area contributed by atoms with Crippen LogP contribution in [0, 0.1) is 5.82 Å². The van der Waals surface area contributed by atoms with Crippen LogP contribution in [-0.2, 0) is 12.8 Å². The number of aliphatic hydroxyl groups is 1. The van der Waals surface area contributed by atoms with Crippen molar-refractivity contribution in [2.75, 3.05) is 13.2 Å². The number of nitrogens with one attached hydrogen (secondary N) is 1. The normalized spacial score (nSPS) is 15.5. The third-order valence-corrected chi connectivity index (χ3v) is 3.95. The Bertz CT molecular complexity index is 590. The SMILES string of the molecule is O[C@@H](CNC1Cc2ccccc2C1)COc1ccc(F)cc1. The molecule has 0 fully saturated rings. The minimum absolute atomic E-state index is 0.193. The van der Waals surface area contributed by atoms with E-state index in [1.807, 2.05) is 0 Å². The van der Waals surface area contributed by atoms with Gasteiger partial charge in [-0.3, -0.25) is 0 Å². The average molecular weight is 301 g/mol. The van der Waals surface area contributed by atoms with Crippen molar-refractivity contribution in [2.45, 2.75) is 25.0 Å². The quantitative estimate of drug-likeness (QED) is 0.860. The highest BCUT2D eigenvalue weighted by Gasteiger charge is 2.21. The van der Waals surface area contributed by atoms with Gasteiger partial charge in [0, 0.05) is 12.6 Å². The van der Waals surface area contributed by atoms with Crippen LogP contribution in [0.5, 0.6) is 5.75 Å². The Kier molecular flexibility index (Phi) is 4.71. The van der Waals surface area contributed by atoms with Gasteiger partial charge in [0.25, 0.3) is 0 Å². The number of benzene rings is 2. The highest BCUT2D eigenvalue weighted by atomic mass is 19.1. The van der Waals surface area contributed by atoms with Crippen LogP contribution in [0.1, 0.15) is 11.1 Å². The van der Waals surface area contributed by atoms with Gasteiger partial charge in [-0.05, 0) is 48.2 Å². The first-order chi connectivity index (χ1) is 10.7. The Morgan fingerprint density at radius 3 is 2.36 bits per heavy atom. The molecular formula is C18H20FNO2. The molecule has 0 spiro atoms. The zero-order valence-corrected chi connectivity index (χ0v) is 12.3. The first-order valence-electron chi connectivity index (χ1n) is 7.57. The predicted octanol–water partition coefficient (Wildman–Crippen LogP) is 2.32. The van der Waals surface area contributed by atoms with Gasteiger partial charge in [0.1, 0.15) is 24.3 Å². The number of hydrogen-bond donors (Lipinski definition) is 2. The van der Waals surface area contributed by atoms with Crippen molar-refractivity contribution in [1.29, 1.82) is 0 Å². The summed E-state index contributed by atoms with van der Waals surface area (Å²) in [5.74, 6) is 0.268. The van der Waals surface area contributed by atoms with E-state index in [2.05, 4.69) is 29.6 Å². The molecule has 116 valence electrons. The van der Waals surface area contributed by atoms with Crippen LogP contribution in [-0.4, -0.2) is 30.4 Å². The van der Waals surface area contributed by atoms with Crippen LogP contribution in [0.2, 0.25) is 0 Å². The lowest BCUT2D eigenvalue weighted by Gasteiger charge is -2.16. The molecule has 0 bridgehead atoms. The molecule has 4 heteroatoms. The summed E-state index contributed by atoms with van der Waals surface area (Å²) in [6.45, 7) is 0.679. The van der Waals surface area contributed by atoms with E-state index in [1.54, 1.807) is 12.1 Å². The zero-order chi connectivity index (χ0) is 15.4. The molecule has 1 aliphatic rings. The highest BCUT2D eigenvalue weighted by molar-refractivity contribution is 5.33. The van der Waals surface area contributed by atoms with Crippen molar-refractivity contribution < 1.29 is 14.2 Å². The Labute approximate surface area is 129 Å². The van der Waals surface area contributed by atoms with E-state index >= 15 is 0 Å². The van der Waals surface area contributed by atoms with Gasteiger partial charge in [0.2, 0.25) is 0 Å². The lowest BCUT2D eigenvalue weighted by atomic mass is 10.1. The molecule has 22 heavy (non-hydrogen) atoms. The van der Waals surface area contributed by atoms with E-state index in [0.29, 0.717) is 18.3 Å². The van der Waals surface area contributed by atoms with Gasteiger partial charge >= 0.3 is 0 Å². The average Bonchev–Trinajstić information content (AvgIpc) is 2.95. The summed E-state index contributed by atoms with van der Waals surface area (Å²) in [6.07, 6.45) is 1.41. The Morgan fingerprint density at radius 2 is 1.73 bits per heavy atom. The topological polar surface area (TPSA) is 41.5 Å². The number of hydrogen-bond acceptors (Lipinski definition) is 3. The van der Waals surface area contributed by atoms with E-state index in [4.69, 9.17) is 4.74 Å². The van der Waals surface area contributed by atoms with Gasteiger partial charge in [-0.25, -0.2) is 4.39 Å². The van der Waals surface area contributed by atoms with Crippen LogP contribution in [0.15, 0.2) is 48.5 Å². The lowest BCUT2D eigenvalue weighted by molar-refractivity contribution is 0.104. The molecule has 0 aromatic heterocycles. The Balaban J connectivity index is 1.40. The van der Waals surface area contributed by atoms with Crippen molar-refractivity contribution in [1.82, 2.24) is 5.32 Å². The molecule has 2 aromatic carbocycles. The zero-order valence-electron chi connectivity index (χ0n) is 12.3. The maximum absolute atomic E-state index is 12.8. The van der Waals surface area contributed by atoms with E-state index in [1.165, 1.54) is 23.3 Å². The van der Waals surface area contributed by atoms with Gasteiger partial charge in [0.05, 0.1) is 0 Å². The van der Waals surface area contributed by atoms with Crippen molar-refractivity contribution in [2.24, 2.45) is 0 Å². The lowest BCUT2D eigenvalue weighted by Crippen LogP contribution is -2.38. The monoisotopic (exact) mass is 301 g/mol. The van der Waals surface area contributed by atoms with E-state index in [-0.39, 0.29) is 12.4 Å². The highest BCUT2D eigenvalue weighted by Crippen LogP contribution is 2.21. The third-order valence-electron chi connectivity index (χ3n) is 3.95. The molecule has 0 saturated heterocycles. The summed E-state index contributed by atoms with van der Waals surface area (Å²) in [7, 11) is 0. The van der Waals surface area contributed by atoms with Crippen molar-refractivity contribution in [3.05, 3.63) is 65.5 Å². The number of aliphatic hydroxyl groups excluding tert-OH is 1. The number of ether oxygens (including phenoxy) is 1. The molecule has 0 saturated carbocycles. The fourth-order valence-electron chi connectivity index (χ4n) is 2.79. The second-order valence-electron chi connectivity index (χ2n) is 5.70. The largest absolute Gasteiger partial charge is 0.491 e. The fourth-order valence-corrected chi connectivity index (χ4v) is 2.79. The standard InChI is InChI=1S/C18H20FNO2/c19-15-5-7-18(8-6-15)22-12-17(21)11-20-16-9-13-3-1-2-4-14(13)10-16/h1-8,16-17,20-21H,9-12H2/t17-/m0/s1. The molecule has 2 N–H and O–H groups in total. The predicted molar refractivity (Wildman–Crippen MR) is 83.5 cm³/mol. The van der Waals surface area contributed by atoms with Gasteiger partial charge < -0.3 is 15.2 Å². The molecule has 2 aromatic rings. The fraction of sp³-hybridized carbons (Fsp3) is 0.333. The molecule has 1 atom stereocenters. The second-order valence-corrected chi connectivity index (χ2v) is 5.70. The van der Waals surface area contributed by atoms with Crippen LogP contribution in [0.4, 0.5) is 4.39 Å². The molecule has 1 aliphatic carbocycles. The van der Waals surface area contributed by atoms with Gasteiger partial charge in [0.15, 0.2) is 0 Å². The Morgan fingerprint density at radius 1 is 1.09 bits per heavy atom. The molecular weight excluding hydrogens is 281 g/mol. The summed E-state index contributed by atoms with van der Waals surface area (Å²) in [5, 5.41) is 13.4. The van der Waals surface area contributed by atoms with Crippen molar-refractivity contribution in [3.63, 3.8) is 0 Å². The summed E-state index contributed by atoms with van der Waals surface area (Å²) >= 11 is 0. The molecule has 0 aliphatic heterocycles. The minimum Gasteiger partial charge on any atom is -0.491 e. The summed E-state index contributed by atoms with van der Waals surface area (Å²) in [4.78, 5) is 0. The maximum atomic E-state index is 12.8. The smallest absolute Gasteiger partial charge is 0.123 e. The summed E-state index contributed by atoms with van der Waals surface area (Å²) < 4.78 is 18.2. The Hall–Kier alpha value is -1.91. The minimum atomic E-state index is -0.589. The number of rotatable bonds is 6.